The Bertz CT molecular complexity index is 1350. The summed E-state index contributed by atoms with van der Waals surface area (Å²) in [5.74, 6) is 0.533. The van der Waals surface area contributed by atoms with Crippen LogP contribution in [0, 0.1) is 6.92 Å². The molecule has 0 aliphatic rings. The predicted octanol–water partition coefficient (Wildman–Crippen LogP) is 6.09. The molecule has 0 radical (unpaired) electrons. The Kier molecular flexibility index (Phi) is 7.07. The summed E-state index contributed by atoms with van der Waals surface area (Å²) in [5, 5.41) is 3.60. The summed E-state index contributed by atoms with van der Waals surface area (Å²) >= 11 is 0. The minimum absolute atomic E-state index is 0.145. The molecule has 1 heterocycles. The van der Waals surface area contributed by atoms with Gasteiger partial charge in [-0.2, -0.15) is 0 Å². The number of aryl methyl sites for hydroxylation is 1. The summed E-state index contributed by atoms with van der Waals surface area (Å²) in [6, 6.07) is 23.9. The molecule has 6 nitrogen and oxygen atoms in total. The monoisotopic (exact) mass is 454 g/mol. The highest BCUT2D eigenvalue weighted by molar-refractivity contribution is 5.90. The van der Waals surface area contributed by atoms with E-state index in [9.17, 15) is 9.59 Å². The molecule has 2 amide bonds. The molecule has 3 aromatic carbocycles. The van der Waals surface area contributed by atoms with Crippen LogP contribution in [0.15, 0.2) is 83.7 Å². The van der Waals surface area contributed by atoms with E-state index in [1.54, 1.807) is 15.5 Å². The maximum atomic E-state index is 13.6. The highest BCUT2D eigenvalue weighted by atomic mass is 16.2. The average Bonchev–Trinajstić information content (AvgIpc) is 2.86. The minimum Gasteiger partial charge on any atom is -0.315 e. The molecule has 174 valence electrons. The van der Waals surface area contributed by atoms with Crippen LogP contribution in [0.3, 0.4) is 0 Å². The smallest absolute Gasteiger partial charge is 0.315 e. The second kappa shape index (κ2) is 10.3. The summed E-state index contributed by atoms with van der Waals surface area (Å²) in [7, 11) is 0. The van der Waals surface area contributed by atoms with Gasteiger partial charge in [-0.1, -0.05) is 61.9 Å². The van der Waals surface area contributed by atoms with Gasteiger partial charge in [0, 0.05) is 12.2 Å². The van der Waals surface area contributed by atoms with E-state index in [2.05, 4.69) is 12.2 Å². The Balaban J connectivity index is 1.82. The van der Waals surface area contributed by atoms with Crippen molar-refractivity contribution >= 4 is 22.6 Å². The largest absolute Gasteiger partial charge is 0.322 e. The number of nitrogens with zero attached hydrogens (tertiary/aromatic N) is 3. The van der Waals surface area contributed by atoms with Crippen LogP contribution in [0.4, 0.5) is 10.5 Å². The van der Waals surface area contributed by atoms with E-state index >= 15 is 0 Å². The zero-order chi connectivity index (χ0) is 24.1. The molecule has 0 aliphatic heterocycles. The molecular weight excluding hydrogens is 424 g/mol. The van der Waals surface area contributed by atoms with E-state index in [1.165, 1.54) is 0 Å². The van der Waals surface area contributed by atoms with Crippen molar-refractivity contribution in [3.05, 3.63) is 101 Å². The van der Waals surface area contributed by atoms with Gasteiger partial charge in [-0.3, -0.25) is 9.36 Å². The highest BCUT2D eigenvalue weighted by Crippen LogP contribution is 2.25. The van der Waals surface area contributed by atoms with E-state index < -0.39 is 6.04 Å². The topological polar surface area (TPSA) is 67.2 Å². The van der Waals surface area contributed by atoms with Gasteiger partial charge in [0.2, 0.25) is 0 Å². The number of rotatable bonds is 7. The number of aromatic nitrogens is 2. The number of nitrogens with one attached hydrogen (secondary N) is 1. The van der Waals surface area contributed by atoms with Gasteiger partial charge in [0.1, 0.15) is 5.82 Å². The lowest BCUT2D eigenvalue weighted by Crippen LogP contribution is -2.40. The van der Waals surface area contributed by atoms with Crippen LogP contribution in [0.5, 0.6) is 0 Å². The third kappa shape index (κ3) is 4.71. The van der Waals surface area contributed by atoms with Crippen molar-refractivity contribution in [1.29, 1.82) is 0 Å². The van der Waals surface area contributed by atoms with Gasteiger partial charge in [-0.15, -0.1) is 0 Å². The van der Waals surface area contributed by atoms with Crippen molar-refractivity contribution in [2.45, 2.75) is 39.7 Å². The number of hydrogen-bond donors (Lipinski definition) is 1. The number of urea groups is 1. The first-order valence-corrected chi connectivity index (χ1v) is 11.7. The first kappa shape index (κ1) is 23.2. The lowest BCUT2D eigenvalue weighted by atomic mass is 10.1. The Labute approximate surface area is 199 Å². The van der Waals surface area contributed by atoms with Crippen molar-refractivity contribution in [3.8, 4) is 5.69 Å². The van der Waals surface area contributed by atoms with Crippen molar-refractivity contribution in [2.24, 2.45) is 0 Å². The number of amides is 2. The van der Waals surface area contributed by atoms with Crippen molar-refractivity contribution < 1.29 is 4.79 Å². The van der Waals surface area contributed by atoms with Gasteiger partial charge in [0.05, 0.1) is 22.6 Å². The molecule has 0 bridgehead atoms. The lowest BCUT2D eigenvalue weighted by Gasteiger charge is -2.31. The maximum absolute atomic E-state index is 13.6. The first-order chi connectivity index (χ1) is 16.5. The van der Waals surface area contributed by atoms with Crippen LogP contribution in [-0.2, 0) is 0 Å². The Morgan fingerprint density at radius 3 is 2.41 bits per heavy atom. The molecule has 1 aromatic heterocycles. The Hall–Kier alpha value is -3.93. The summed E-state index contributed by atoms with van der Waals surface area (Å²) in [6.07, 6.45) is 1.78. The molecule has 1 N–H and O–H groups in total. The highest BCUT2D eigenvalue weighted by Gasteiger charge is 2.27. The standard InChI is InChI=1S/C28H30N4O2/c1-4-5-19-31(28(34)30-24-17-11-9-13-20(24)2)21(3)26-29-25-18-12-10-16-23(25)27(33)32(26)22-14-7-6-8-15-22/h6-18,21H,4-5,19H2,1-3H3,(H,30,34). The second-order valence-corrected chi connectivity index (χ2v) is 8.43. The molecule has 1 atom stereocenters. The first-order valence-electron chi connectivity index (χ1n) is 11.7. The van der Waals surface area contributed by atoms with E-state index in [0.29, 0.717) is 23.3 Å². The quantitative estimate of drug-likeness (QED) is 0.367. The van der Waals surface area contributed by atoms with Crippen molar-refractivity contribution in [2.75, 3.05) is 11.9 Å². The maximum Gasteiger partial charge on any atom is 0.322 e. The number of hydrogen-bond acceptors (Lipinski definition) is 3. The number of unbranched alkanes of at least 4 members (excludes halogenated alkanes) is 1. The summed E-state index contributed by atoms with van der Waals surface area (Å²) in [5.41, 5.74) is 2.96. The number of carbonyl (C=O) groups excluding carboxylic acids is 1. The van der Waals surface area contributed by atoms with Gasteiger partial charge < -0.3 is 10.2 Å². The van der Waals surface area contributed by atoms with Crippen LogP contribution in [0.1, 0.15) is 44.1 Å². The van der Waals surface area contributed by atoms with Gasteiger partial charge in [-0.05, 0) is 56.2 Å². The molecule has 0 aliphatic carbocycles. The molecule has 0 fully saturated rings. The Morgan fingerprint density at radius 2 is 1.68 bits per heavy atom. The predicted molar refractivity (Wildman–Crippen MR) is 138 cm³/mol. The zero-order valence-electron chi connectivity index (χ0n) is 19.9. The molecule has 6 heteroatoms. The van der Waals surface area contributed by atoms with Gasteiger partial charge in [0.25, 0.3) is 5.56 Å². The minimum atomic E-state index is -0.437. The van der Waals surface area contributed by atoms with E-state index in [4.69, 9.17) is 4.98 Å². The summed E-state index contributed by atoms with van der Waals surface area (Å²) < 4.78 is 1.63. The van der Waals surface area contributed by atoms with Crippen molar-refractivity contribution in [3.63, 3.8) is 0 Å². The Morgan fingerprint density at radius 1 is 1.00 bits per heavy atom. The van der Waals surface area contributed by atoms with Gasteiger partial charge >= 0.3 is 6.03 Å². The molecule has 1 unspecified atom stereocenters. The zero-order valence-corrected chi connectivity index (χ0v) is 19.9. The van der Waals surface area contributed by atoms with E-state index in [0.717, 1.165) is 29.8 Å². The van der Waals surface area contributed by atoms with Crippen LogP contribution >= 0.6 is 0 Å². The SMILES string of the molecule is CCCCN(C(=O)Nc1ccccc1C)C(C)c1nc2ccccc2c(=O)n1-c1ccccc1. The van der Waals surface area contributed by atoms with Crippen molar-refractivity contribution in [1.82, 2.24) is 14.5 Å². The molecule has 0 saturated carbocycles. The second-order valence-electron chi connectivity index (χ2n) is 8.43. The number of para-hydroxylation sites is 3. The third-order valence-corrected chi connectivity index (χ3v) is 6.06. The lowest BCUT2D eigenvalue weighted by molar-refractivity contribution is 0.188. The fraction of sp³-hybridized carbons (Fsp3) is 0.250. The fourth-order valence-corrected chi connectivity index (χ4v) is 4.10. The summed E-state index contributed by atoms with van der Waals surface area (Å²) in [4.78, 5) is 33.7. The van der Waals surface area contributed by atoms with E-state index in [-0.39, 0.29) is 11.6 Å². The molecule has 0 saturated heterocycles. The summed E-state index contributed by atoms with van der Waals surface area (Å²) in [6.45, 7) is 6.54. The normalized spacial score (nSPS) is 11.9. The fourth-order valence-electron chi connectivity index (χ4n) is 4.10. The molecule has 4 aromatic rings. The number of fused-ring (bicyclic) bond motifs is 1. The van der Waals surface area contributed by atoms with Crippen LogP contribution in [-0.4, -0.2) is 27.0 Å². The molecular formula is C28H30N4O2. The number of carbonyl (C=O) groups is 1. The van der Waals surface area contributed by atoms with Gasteiger partial charge in [-0.25, -0.2) is 9.78 Å². The number of benzene rings is 3. The van der Waals surface area contributed by atoms with E-state index in [1.807, 2.05) is 86.6 Å². The third-order valence-electron chi connectivity index (χ3n) is 6.06. The van der Waals surface area contributed by atoms with Crippen LogP contribution in [0.25, 0.3) is 16.6 Å². The molecule has 0 spiro atoms. The molecule has 4 rings (SSSR count). The average molecular weight is 455 g/mol. The van der Waals surface area contributed by atoms with Gasteiger partial charge in [0.15, 0.2) is 0 Å². The van der Waals surface area contributed by atoms with Crippen LogP contribution < -0.4 is 10.9 Å². The molecule has 34 heavy (non-hydrogen) atoms. The van der Waals surface area contributed by atoms with Crippen LogP contribution in [0.2, 0.25) is 0 Å². The number of anilines is 1.